The van der Waals surface area contributed by atoms with E-state index in [1.807, 2.05) is 13.8 Å². The van der Waals surface area contributed by atoms with Crippen molar-refractivity contribution in [2.75, 3.05) is 38.6 Å². The summed E-state index contributed by atoms with van der Waals surface area (Å²) in [4.78, 5) is 4.72. The quantitative estimate of drug-likeness (QED) is 0.743. The Morgan fingerprint density at radius 2 is 1.62 bits per heavy atom. The van der Waals surface area contributed by atoms with Gasteiger partial charge in [0.2, 0.25) is 0 Å². The van der Waals surface area contributed by atoms with Crippen molar-refractivity contribution < 1.29 is 0 Å². The van der Waals surface area contributed by atoms with Crippen molar-refractivity contribution in [1.29, 1.82) is 0 Å². The van der Waals surface area contributed by atoms with Crippen LogP contribution in [0, 0.1) is 0 Å². The van der Waals surface area contributed by atoms with Gasteiger partial charge in [-0.3, -0.25) is 0 Å². The second-order valence-corrected chi connectivity index (χ2v) is 5.81. The van der Waals surface area contributed by atoms with Gasteiger partial charge >= 0.3 is 0 Å². The highest BCUT2D eigenvalue weighted by Crippen LogP contribution is 2.22. The first kappa shape index (κ1) is 17.8. The lowest BCUT2D eigenvalue weighted by atomic mass is 10.0. The van der Waals surface area contributed by atoms with Gasteiger partial charge in [-0.1, -0.05) is 38.1 Å². The van der Waals surface area contributed by atoms with Crippen molar-refractivity contribution in [3.05, 3.63) is 42.0 Å². The Hall–Kier alpha value is -1.28. The molecule has 1 aromatic carbocycles. The molecule has 1 heterocycles. The Morgan fingerprint density at radius 1 is 1.05 bits per heavy atom. The van der Waals surface area contributed by atoms with E-state index in [0.29, 0.717) is 0 Å². The number of piperidine rings is 1. The number of nitrogens with zero attached hydrogens (tertiary/aromatic N) is 2. The van der Waals surface area contributed by atoms with E-state index in [2.05, 4.69) is 54.7 Å². The van der Waals surface area contributed by atoms with Gasteiger partial charge in [0.15, 0.2) is 0 Å². The molecule has 2 nitrogen and oxygen atoms in total. The normalized spacial score (nSPS) is 14.9. The zero-order chi connectivity index (χ0) is 15.7. The van der Waals surface area contributed by atoms with Crippen LogP contribution in [0.5, 0.6) is 0 Å². The highest BCUT2D eigenvalue weighted by molar-refractivity contribution is 5.48. The lowest BCUT2D eigenvalue weighted by molar-refractivity contribution is 0.400. The summed E-state index contributed by atoms with van der Waals surface area (Å²) in [6.45, 7) is 11.5. The van der Waals surface area contributed by atoms with Gasteiger partial charge in [0.1, 0.15) is 0 Å². The second kappa shape index (κ2) is 9.62. The Balaban J connectivity index is 0.00000106. The van der Waals surface area contributed by atoms with E-state index < -0.39 is 0 Å². The van der Waals surface area contributed by atoms with E-state index in [0.717, 1.165) is 32.5 Å². The number of hydrogen-bond donors (Lipinski definition) is 0. The molecule has 0 unspecified atom stereocenters. The molecule has 0 aliphatic carbocycles. The molecule has 1 aromatic rings. The number of anilines is 1. The van der Waals surface area contributed by atoms with Crippen LogP contribution >= 0.6 is 0 Å². The van der Waals surface area contributed by atoms with Crippen molar-refractivity contribution in [2.24, 2.45) is 0 Å². The van der Waals surface area contributed by atoms with Crippen molar-refractivity contribution in [1.82, 2.24) is 4.90 Å². The Morgan fingerprint density at radius 3 is 2.14 bits per heavy atom. The maximum atomic E-state index is 4.07. The molecular weight excluding hydrogens is 256 g/mol. The summed E-state index contributed by atoms with van der Waals surface area (Å²) < 4.78 is 0. The van der Waals surface area contributed by atoms with E-state index >= 15 is 0 Å². The fourth-order valence-corrected chi connectivity index (χ4v) is 2.55. The first-order valence-corrected chi connectivity index (χ1v) is 8.30. The molecule has 0 radical (unpaired) electrons. The third-order valence-corrected chi connectivity index (χ3v) is 3.84. The zero-order valence-electron chi connectivity index (χ0n) is 14.4. The summed E-state index contributed by atoms with van der Waals surface area (Å²) in [5.74, 6) is 0. The minimum atomic E-state index is 1.12. The maximum absolute atomic E-state index is 4.07. The summed E-state index contributed by atoms with van der Waals surface area (Å²) in [6.07, 6.45) is 4.69. The molecule has 0 amide bonds. The van der Waals surface area contributed by atoms with Gasteiger partial charge in [-0.05, 0) is 64.0 Å². The molecule has 0 atom stereocenters. The van der Waals surface area contributed by atoms with E-state index in [-0.39, 0.29) is 0 Å². The maximum Gasteiger partial charge on any atom is 0.0366 e. The molecule has 1 aliphatic rings. The lowest BCUT2D eigenvalue weighted by Gasteiger charge is -2.30. The van der Waals surface area contributed by atoms with Crippen LogP contribution in [0.1, 0.15) is 38.7 Å². The van der Waals surface area contributed by atoms with Crippen molar-refractivity contribution in [2.45, 2.75) is 39.5 Å². The van der Waals surface area contributed by atoms with Crippen LogP contribution in [0.4, 0.5) is 5.69 Å². The molecule has 21 heavy (non-hydrogen) atoms. The molecule has 0 bridgehead atoms. The highest BCUT2D eigenvalue weighted by Gasteiger charge is 2.12. The highest BCUT2D eigenvalue weighted by atomic mass is 15.1. The molecule has 0 N–H and O–H groups in total. The number of benzene rings is 1. The predicted octanol–water partition coefficient (Wildman–Crippen LogP) is 4.36. The van der Waals surface area contributed by atoms with Gasteiger partial charge in [0, 0.05) is 18.8 Å². The van der Waals surface area contributed by atoms with Crippen LogP contribution in [0.15, 0.2) is 36.4 Å². The molecule has 0 spiro atoms. The molecule has 1 saturated heterocycles. The van der Waals surface area contributed by atoms with Gasteiger partial charge < -0.3 is 9.80 Å². The molecule has 0 saturated carbocycles. The monoisotopic (exact) mass is 288 g/mol. The molecular formula is C19H32N2. The molecule has 2 heteroatoms. The summed E-state index contributed by atoms with van der Waals surface area (Å²) in [5, 5.41) is 0. The first-order chi connectivity index (χ1) is 10.1. The predicted molar refractivity (Wildman–Crippen MR) is 95.3 cm³/mol. The SMILES string of the molecule is C=C1CCN(c2ccc(CCCN(C)C)cc2)CC1.CC. The van der Waals surface area contributed by atoms with E-state index in [4.69, 9.17) is 0 Å². The fraction of sp³-hybridized carbons (Fsp3) is 0.579. The number of rotatable bonds is 5. The number of hydrogen-bond acceptors (Lipinski definition) is 2. The van der Waals surface area contributed by atoms with E-state index in [1.54, 1.807) is 0 Å². The molecule has 2 rings (SSSR count). The largest absolute Gasteiger partial charge is 0.371 e. The van der Waals surface area contributed by atoms with Crippen molar-refractivity contribution in [3.63, 3.8) is 0 Å². The minimum absolute atomic E-state index is 1.12. The fourth-order valence-electron chi connectivity index (χ4n) is 2.55. The lowest BCUT2D eigenvalue weighted by Crippen LogP contribution is -2.30. The Labute approximate surface area is 131 Å². The second-order valence-electron chi connectivity index (χ2n) is 5.81. The molecule has 118 valence electrons. The van der Waals surface area contributed by atoms with Gasteiger partial charge in [0.25, 0.3) is 0 Å². The van der Waals surface area contributed by atoms with Gasteiger partial charge in [-0.2, -0.15) is 0 Å². The third-order valence-electron chi connectivity index (χ3n) is 3.84. The summed E-state index contributed by atoms with van der Waals surface area (Å²) in [5.41, 5.74) is 4.22. The average Bonchev–Trinajstić information content (AvgIpc) is 2.50. The summed E-state index contributed by atoms with van der Waals surface area (Å²) in [7, 11) is 4.26. The summed E-state index contributed by atoms with van der Waals surface area (Å²) in [6, 6.07) is 9.13. The van der Waals surface area contributed by atoms with E-state index in [9.17, 15) is 0 Å². The van der Waals surface area contributed by atoms with Crippen LogP contribution < -0.4 is 4.90 Å². The van der Waals surface area contributed by atoms with Crippen LogP contribution in [-0.4, -0.2) is 38.6 Å². The van der Waals surface area contributed by atoms with Crippen LogP contribution in [0.25, 0.3) is 0 Å². The third kappa shape index (κ3) is 6.34. The minimum Gasteiger partial charge on any atom is -0.371 e. The first-order valence-electron chi connectivity index (χ1n) is 8.30. The van der Waals surface area contributed by atoms with Crippen LogP contribution in [0.2, 0.25) is 0 Å². The van der Waals surface area contributed by atoms with E-state index in [1.165, 1.54) is 29.7 Å². The summed E-state index contributed by atoms with van der Waals surface area (Å²) >= 11 is 0. The smallest absolute Gasteiger partial charge is 0.0366 e. The van der Waals surface area contributed by atoms with Crippen molar-refractivity contribution >= 4 is 5.69 Å². The van der Waals surface area contributed by atoms with Gasteiger partial charge in [-0.25, -0.2) is 0 Å². The Kier molecular flexibility index (Phi) is 8.14. The molecule has 1 fully saturated rings. The van der Waals surface area contributed by atoms with Gasteiger partial charge in [0.05, 0.1) is 0 Å². The van der Waals surface area contributed by atoms with Crippen LogP contribution in [0.3, 0.4) is 0 Å². The average molecular weight is 288 g/mol. The topological polar surface area (TPSA) is 6.48 Å². The van der Waals surface area contributed by atoms with Crippen LogP contribution in [-0.2, 0) is 6.42 Å². The molecule has 1 aliphatic heterocycles. The van der Waals surface area contributed by atoms with Crippen molar-refractivity contribution in [3.8, 4) is 0 Å². The zero-order valence-corrected chi connectivity index (χ0v) is 14.4. The molecule has 0 aromatic heterocycles. The Bertz CT molecular complexity index is 396. The van der Waals surface area contributed by atoms with Gasteiger partial charge in [-0.15, -0.1) is 0 Å². The standard InChI is InChI=1S/C17H26N2.C2H6/c1-15-10-13-19(14-11-15)17-8-6-16(7-9-17)5-4-12-18(2)3;1-2/h6-9H,1,4-5,10-14H2,2-3H3;1-2H3. The number of aryl methyl sites for hydroxylation is 1.